The zero-order valence-corrected chi connectivity index (χ0v) is 36.6. The molecule has 0 fully saturated rings. The second-order valence-corrected chi connectivity index (χ2v) is 21.1. The third-order valence-corrected chi connectivity index (χ3v) is 15.5. The molecular weight excluding hydrogens is 747 g/mol. The highest BCUT2D eigenvalue weighted by molar-refractivity contribution is 7.26. The molecule has 0 spiro atoms. The summed E-state index contributed by atoms with van der Waals surface area (Å²) in [6.07, 6.45) is 2.37. The lowest BCUT2D eigenvalue weighted by molar-refractivity contribution is 0.332. The Balaban J connectivity index is 1.25. The third kappa shape index (κ3) is 4.96. The summed E-state index contributed by atoms with van der Waals surface area (Å²) in [4.78, 5) is 5.35. The maximum absolute atomic E-state index is 6.69. The number of anilines is 5. The summed E-state index contributed by atoms with van der Waals surface area (Å²) in [5, 5.41) is 7.45. The van der Waals surface area contributed by atoms with Gasteiger partial charge in [-0.2, -0.15) is 0 Å². The van der Waals surface area contributed by atoms with Gasteiger partial charge >= 0.3 is 6.85 Å². The standard InChI is InChI=1S/C55H49BN2OS/c1-32-27-42-43(55(7,8)26-25-54(42,5)6)30-44(32)57-51-36-16-10-9-15-33(36)28-41-39-29-40-37-17-11-13-19-46(37)59-47(40)31-45(39)58(35-23-21-34(22-24-35)53(2,3)4)56(49(41)51)50-38-18-12-14-20-48(38)60-52(50)57/h9-24,27-31H,25-26H2,1-8H3. The zero-order chi connectivity index (χ0) is 41.0. The molecule has 60 heavy (non-hydrogen) atoms. The summed E-state index contributed by atoms with van der Waals surface area (Å²) in [6, 6.07) is 48.5. The Kier molecular flexibility index (Phi) is 7.32. The SMILES string of the molecule is Cc1cc2c(cc1N1c3sc4ccccc4c3B3c4c(cc5ccccc5c41)-c1cc4c(cc1N3c1ccc(C(C)(C)C)cc1)oc1ccccc14)C(C)(C)CCC2(C)C. The number of nitrogens with zero attached hydrogens (tertiary/aromatic N) is 2. The van der Waals surface area contributed by atoms with Crippen molar-refractivity contribution < 1.29 is 4.42 Å². The Bertz CT molecular complexity index is 3290. The quantitative estimate of drug-likeness (QED) is 0.163. The fraction of sp³-hybridized carbons (Fsp3) is 0.236. The third-order valence-electron chi connectivity index (χ3n) is 14.4. The minimum absolute atomic E-state index is 0.0377. The molecule has 5 heteroatoms. The lowest BCUT2D eigenvalue weighted by Crippen LogP contribution is -2.61. The molecule has 0 saturated heterocycles. The number of thiophene rings is 1. The van der Waals surface area contributed by atoms with E-state index in [0.717, 1.165) is 21.9 Å². The molecule has 0 N–H and O–H groups in total. The first-order chi connectivity index (χ1) is 28.8. The van der Waals surface area contributed by atoms with Gasteiger partial charge in [0.15, 0.2) is 0 Å². The number of fused-ring (bicyclic) bond motifs is 12. The van der Waals surface area contributed by atoms with Crippen molar-refractivity contribution in [3.63, 3.8) is 0 Å². The predicted molar refractivity (Wildman–Crippen MR) is 259 cm³/mol. The molecule has 0 atom stereocenters. The molecule has 1 aliphatic carbocycles. The van der Waals surface area contributed by atoms with Gasteiger partial charge in [-0.25, -0.2) is 0 Å². The Morgan fingerprint density at radius 1 is 0.617 bits per heavy atom. The van der Waals surface area contributed by atoms with Crippen LogP contribution in [-0.4, -0.2) is 6.85 Å². The van der Waals surface area contributed by atoms with E-state index in [1.54, 1.807) is 0 Å². The van der Waals surface area contributed by atoms with E-state index in [2.05, 4.69) is 192 Å². The van der Waals surface area contributed by atoms with Crippen LogP contribution in [-0.2, 0) is 16.2 Å². The first kappa shape index (κ1) is 36.1. The van der Waals surface area contributed by atoms with Gasteiger partial charge in [-0.05, 0) is 128 Å². The van der Waals surface area contributed by atoms with Gasteiger partial charge < -0.3 is 14.1 Å². The summed E-state index contributed by atoms with van der Waals surface area (Å²) in [5.74, 6) is 0. The number of hydrogen-bond donors (Lipinski definition) is 0. The smallest absolute Gasteiger partial charge is 0.334 e. The van der Waals surface area contributed by atoms with Gasteiger partial charge in [-0.15, -0.1) is 11.3 Å². The lowest BCUT2D eigenvalue weighted by Gasteiger charge is -2.46. The zero-order valence-electron chi connectivity index (χ0n) is 35.8. The molecule has 4 heterocycles. The van der Waals surface area contributed by atoms with Crippen molar-refractivity contribution in [3.05, 3.63) is 150 Å². The van der Waals surface area contributed by atoms with Gasteiger partial charge in [-0.3, -0.25) is 0 Å². The van der Waals surface area contributed by atoms with Gasteiger partial charge in [-0.1, -0.05) is 127 Å². The molecule has 294 valence electrons. The maximum atomic E-state index is 6.69. The molecular formula is C55H49BN2OS. The highest BCUT2D eigenvalue weighted by Gasteiger charge is 2.48. The number of furan rings is 1. The number of aryl methyl sites for hydroxylation is 1. The molecule has 0 bridgehead atoms. The van der Waals surface area contributed by atoms with E-state index in [1.807, 2.05) is 11.3 Å². The summed E-state index contributed by atoms with van der Waals surface area (Å²) in [6.45, 7) is 19.0. The average molecular weight is 797 g/mol. The largest absolute Gasteiger partial charge is 0.456 e. The molecule has 0 saturated carbocycles. The minimum Gasteiger partial charge on any atom is -0.456 e. The van der Waals surface area contributed by atoms with Gasteiger partial charge in [0.05, 0.1) is 16.4 Å². The molecule has 3 nitrogen and oxygen atoms in total. The minimum atomic E-state index is -0.0925. The Labute approximate surface area is 357 Å². The first-order valence-corrected chi connectivity index (χ1v) is 22.5. The Morgan fingerprint density at radius 3 is 2.03 bits per heavy atom. The number of para-hydroxylation sites is 1. The summed E-state index contributed by atoms with van der Waals surface area (Å²) >= 11 is 1.94. The monoisotopic (exact) mass is 796 g/mol. The topological polar surface area (TPSA) is 19.6 Å². The molecule has 12 rings (SSSR count). The van der Waals surface area contributed by atoms with E-state index < -0.39 is 0 Å². The van der Waals surface area contributed by atoms with Crippen LogP contribution in [0.2, 0.25) is 0 Å². The van der Waals surface area contributed by atoms with Gasteiger partial charge in [0.1, 0.15) is 11.2 Å². The number of hydrogen-bond acceptors (Lipinski definition) is 4. The highest BCUT2D eigenvalue weighted by atomic mass is 32.1. The van der Waals surface area contributed by atoms with Crippen LogP contribution < -0.4 is 20.6 Å². The number of benzene rings is 7. The van der Waals surface area contributed by atoms with Crippen LogP contribution >= 0.6 is 11.3 Å². The summed E-state index contributed by atoms with van der Waals surface area (Å²) < 4.78 is 8.00. The van der Waals surface area contributed by atoms with E-state index in [1.165, 1.54) is 106 Å². The van der Waals surface area contributed by atoms with Crippen LogP contribution in [0.4, 0.5) is 27.8 Å². The molecule has 3 aliphatic rings. The van der Waals surface area contributed by atoms with Gasteiger partial charge in [0.25, 0.3) is 0 Å². The van der Waals surface area contributed by atoms with Crippen LogP contribution in [0.25, 0.3) is 53.9 Å². The lowest BCUT2D eigenvalue weighted by atomic mass is 9.43. The molecule has 0 amide bonds. The first-order valence-electron chi connectivity index (χ1n) is 21.7. The average Bonchev–Trinajstić information content (AvgIpc) is 3.80. The summed E-state index contributed by atoms with van der Waals surface area (Å²) in [7, 11) is 0. The summed E-state index contributed by atoms with van der Waals surface area (Å²) in [5.41, 5.74) is 17.9. The van der Waals surface area contributed by atoms with Crippen molar-refractivity contribution in [1.29, 1.82) is 0 Å². The van der Waals surface area contributed by atoms with E-state index in [-0.39, 0.29) is 23.1 Å². The highest BCUT2D eigenvalue weighted by Crippen LogP contribution is 2.55. The Hall–Kier alpha value is -5.78. The molecule has 2 aromatic heterocycles. The van der Waals surface area contributed by atoms with Gasteiger partial charge in [0.2, 0.25) is 0 Å². The van der Waals surface area contributed by atoms with Crippen molar-refractivity contribution in [2.24, 2.45) is 0 Å². The van der Waals surface area contributed by atoms with Crippen molar-refractivity contribution in [2.45, 2.75) is 84.5 Å². The normalized spacial score (nSPS) is 16.4. The van der Waals surface area contributed by atoms with Crippen LogP contribution in [0.1, 0.15) is 83.6 Å². The molecule has 0 unspecified atom stereocenters. The van der Waals surface area contributed by atoms with Crippen LogP contribution in [0.5, 0.6) is 0 Å². The second-order valence-electron chi connectivity index (χ2n) is 20.0. The van der Waals surface area contributed by atoms with Crippen molar-refractivity contribution in [2.75, 3.05) is 9.71 Å². The fourth-order valence-corrected chi connectivity index (χ4v) is 12.2. The van der Waals surface area contributed by atoms with Crippen molar-refractivity contribution >= 4 is 99.7 Å². The molecule has 7 aromatic carbocycles. The van der Waals surface area contributed by atoms with E-state index in [9.17, 15) is 0 Å². The van der Waals surface area contributed by atoms with Crippen LogP contribution in [0, 0.1) is 6.92 Å². The van der Waals surface area contributed by atoms with E-state index in [0.29, 0.717) is 0 Å². The van der Waals surface area contributed by atoms with E-state index in [4.69, 9.17) is 4.42 Å². The van der Waals surface area contributed by atoms with Crippen LogP contribution in [0.15, 0.2) is 132 Å². The Morgan fingerprint density at radius 2 is 1.28 bits per heavy atom. The van der Waals surface area contributed by atoms with Crippen LogP contribution in [0.3, 0.4) is 0 Å². The predicted octanol–water partition coefficient (Wildman–Crippen LogP) is 14.6. The number of rotatable bonds is 2. The molecule has 0 radical (unpaired) electrons. The second kappa shape index (κ2) is 12.2. The fourth-order valence-electron chi connectivity index (χ4n) is 11.0. The maximum Gasteiger partial charge on any atom is 0.334 e. The molecule has 2 aliphatic heterocycles. The molecule has 9 aromatic rings. The van der Waals surface area contributed by atoms with Crippen molar-refractivity contribution in [3.8, 4) is 11.1 Å². The van der Waals surface area contributed by atoms with E-state index >= 15 is 0 Å². The van der Waals surface area contributed by atoms with Gasteiger partial charge in [0, 0.05) is 43.9 Å². The van der Waals surface area contributed by atoms with Crippen molar-refractivity contribution in [1.82, 2.24) is 0 Å².